The van der Waals surface area contributed by atoms with E-state index < -0.39 is 23.4 Å². The van der Waals surface area contributed by atoms with Crippen LogP contribution in [0.1, 0.15) is 42.9 Å². The first-order valence-electron chi connectivity index (χ1n) is 6.44. The lowest BCUT2D eigenvalue weighted by Crippen LogP contribution is -2.30. The first kappa shape index (κ1) is 17.2. The smallest absolute Gasteiger partial charge is 0.349 e. The molecule has 1 rings (SSSR count). The second-order valence-electron chi connectivity index (χ2n) is 5.78. The zero-order valence-electron chi connectivity index (χ0n) is 12.8. The Morgan fingerprint density at radius 1 is 1.33 bits per heavy atom. The first-order valence-corrected chi connectivity index (χ1v) is 7.26. The predicted molar refractivity (Wildman–Crippen MR) is 81.2 cm³/mol. The molecule has 1 atom stereocenters. The molecule has 6 nitrogen and oxygen atoms in total. The number of anilines is 1. The Balaban J connectivity index is 2.86. The van der Waals surface area contributed by atoms with Gasteiger partial charge < -0.3 is 15.8 Å². The van der Waals surface area contributed by atoms with Crippen LogP contribution in [-0.4, -0.2) is 23.9 Å². The van der Waals surface area contributed by atoms with Crippen LogP contribution in [0.5, 0.6) is 0 Å². The first-order chi connectivity index (χ1) is 9.52. The van der Waals surface area contributed by atoms with Gasteiger partial charge >= 0.3 is 5.97 Å². The lowest BCUT2D eigenvalue weighted by molar-refractivity contribution is -0.125. The summed E-state index contributed by atoms with van der Waals surface area (Å²) in [6.45, 7) is 8.53. The Bertz CT molecular complexity index is 572. The summed E-state index contributed by atoms with van der Waals surface area (Å²) in [5.74, 6) is -1.48. The van der Waals surface area contributed by atoms with E-state index in [2.05, 4.69) is 5.32 Å². The van der Waals surface area contributed by atoms with Gasteiger partial charge in [-0.15, -0.1) is 11.3 Å². The fourth-order valence-corrected chi connectivity index (χ4v) is 2.27. The van der Waals surface area contributed by atoms with E-state index in [4.69, 9.17) is 10.5 Å². The maximum absolute atomic E-state index is 11.9. The molecule has 0 spiro atoms. The van der Waals surface area contributed by atoms with Crippen LogP contribution in [0.15, 0.2) is 6.07 Å². The minimum atomic E-state index is -0.994. The topological polar surface area (TPSA) is 98.5 Å². The van der Waals surface area contributed by atoms with Crippen molar-refractivity contribution in [2.75, 3.05) is 5.32 Å². The second-order valence-corrected chi connectivity index (χ2v) is 6.83. The number of carbonyl (C=O) groups excluding carboxylic acids is 3. The van der Waals surface area contributed by atoms with Gasteiger partial charge in [0, 0.05) is 5.41 Å². The van der Waals surface area contributed by atoms with Crippen molar-refractivity contribution in [3.63, 3.8) is 0 Å². The van der Waals surface area contributed by atoms with Crippen molar-refractivity contribution in [3.8, 4) is 0 Å². The zero-order chi connectivity index (χ0) is 16.4. The van der Waals surface area contributed by atoms with E-state index in [-0.39, 0.29) is 5.91 Å². The molecule has 0 radical (unpaired) electrons. The molecular weight excluding hydrogens is 292 g/mol. The molecule has 0 aromatic carbocycles. The van der Waals surface area contributed by atoms with Gasteiger partial charge in [-0.3, -0.25) is 9.59 Å². The molecule has 116 valence electrons. The fourth-order valence-electron chi connectivity index (χ4n) is 1.32. The average Bonchev–Trinajstić information content (AvgIpc) is 2.68. The Morgan fingerprint density at radius 2 is 1.90 bits per heavy atom. The molecular formula is C14H20N2O4S. The van der Waals surface area contributed by atoms with Gasteiger partial charge in [0.1, 0.15) is 4.88 Å². The molecule has 7 heteroatoms. The number of nitrogens with two attached hydrogens (primary N) is 1. The summed E-state index contributed by atoms with van der Waals surface area (Å²) in [6.07, 6.45) is -0.994. The Morgan fingerprint density at radius 3 is 2.38 bits per heavy atom. The van der Waals surface area contributed by atoms with Gasteiger partial charge in [-0.05, 0) is 25.5 Å². The highest BCUT2D eigenvalue weighted by Crippen LogP contribution is 2.29. The van der Waals surface area contributed by atoms with Crippen LogP contribution in [0, 0.1) is 12.3 Å². The third-order valence-electron chi connectivity index (χ3n) is 2.71. The van der Waals surface area contributed by atoms with E-state index in [9.17, 15) is 14.4 Å². The lowest BCUT2D eigenvalue weighted by Gasteiger charge is -2.16. The fraction of sp³-hybridized carbons (Fsp3) is 0.500. The molecule has 0 saturated carbocycles. The number of hydrogen-bond donors (Lipinski definition) is 2. The van der Waals surface area contributed by atoms with E-state index in [0.717, 1.165) is 11.3 Å². The van der Waals surface area contributed by atoms with Gasteiger partial charge in [-0.1, -0.05) is 20.8 Å². The van der Waals surface area contributed by atoms with Crippen LogP contribution >= 0.6 is 11.3 Å². The number of amides is 2. The second kappa shape index (κ2) is 6.26. The van der Waals surface area contributed by atoms with Crippen LogP contribution in [0.2, 0.25) is 0 Å². The highest BCUT2D eigenvalue weighted by atomic mass is 32.1. The molecule has 0 unspecified atom stereocenters. The number of ether oxygens (including phenoxy) is 1. The molecule has 0 aliphatic rings. The minimum absolute atomic E-state index is 0.144. The van der Waals surface area contributed by atoms with E-state index in [1.807, 2.05) is 0 Å². The molecule has 0 aliphatic heterocycles. The summed E-state index contributed by atoms with van der Waals surface area (Å²) in [6, 6.07) is 1.69. The number of rotatable bonds is 4. The number of carbonyl (C=O) groups is 3. The maximum atomic E-state index is 11.9. The molecule has 21 heavy (non-hydrogen) atoms. The van der Waals surface area contributed by atoms with Crippen LogP contribution in [-0.2, 0) is 14.3 Å². The molecule has 1 aromatic rings. The minimum Gasteiger partial charge on any atom is -0.448 e. The predicted octanol–water partition coefficient (Wildman–Crippen LogP) is 2.07. The average molecular weight is 312 g/mol. The zero-order valence-corrected chi connectivity index (χ0v) is 13.6. The van der Waals surface area contributed by atoms with Crippen molar-refractivity contribution < 1.29 is 19.1 Å². The molecule has 0 fully saturated rings. The standard InChI is InChI=1S/C14H20N2O4S/c1-7-6-9(16-13(19)14(3,4)5)21-10(7)12(18)20-8(2)11(15)17/h6,8H,1-5H3,(H2,15,17)(H,16,19)/t8-/m0/s1. The highest BCUT2D eigenvalue weighted by molar-refractivity contribution is 7.18. The Hall–Kier alpha value is -1.89. The van der Waals surface area contributed by atoms with E-state index in [1.54, 1.807) is 33.8 Å². The van der Waals surface area contributed by atoms with Gasteiger partial charge in [0.05, 0.1) is 5.00 Å². The molecule has 0 aliphatic carbocycles. The molecule has 0 bridgehead atoms. The van der Waals surface area contributed by atoms with Crippen molar-refractivity contribution in [1.82, 2.24) is 0 Å². The number of nitrogens with one attached hydrogen (secondary N) is 1. The van der Waals surface area contributed by atoms with Crippen LogP contribution in [0.4, 0.5) is 5.00 Å². The Labute approximate surface area is 127 Å². The van der Waals surface area contributed by atoms with Gasteiger partial charge in [0.15, 0.2) is 6.10 Å². The monoisotopic (exact) mass is 312 g/mol. The third-order valence-corrected chi connectivity index (χ3v) is 3.84. The maximum Gasteiger partial charge on any atom is 0.349 e. The largest absolute Gasteiger partial charge is 0.448 e. The van der Waals surface area contributed by atoms with E-state index >= 15 is 0 Å². The molecule has 1 aromatic heterocycles. The van der Waals surface area contributed by atoms with Crippen molar-refractivity contribution in [2.24, 2.45) is 11.1 Å². The Kier molecular flexibility index (Phi) is 5.11. The summed E-state index contributed by atoms with van der Waals surface area (Å²) in [5.41, 5.74) is 5.19. The normalized spacial score (nSPS) is 12.6. The summed E-state index contributed by atoms with van der Waals surface area (Å²) < 4.78 is 4.95. The van der Waals surface area contributed by atoms with Crippen LogP contribution in [0.25, 0.3) is 0 Å². The summed E-state index contributed by atoms with van der Waals surface area (Å²) >= 11 is 1.11. The number of esters is 1. The number of thiophene rings is 1. The van der Waals surface area contributed by atoms with Gasteiger partial charge in [-0.2, -0.15) is 0 Å². The van der Waals surface area contributed by atoms with Gasteiger partial charge in [-0.25, -0.2) is 4.79 Å². The van der Waals surface area contributed by atoms with E-state index in [1.165, 1.54) is 6.92 Å². The SMILES string of the molecule is Cc1cc(NC(=O)C(C)(C)C)sc1C(=O)O[C@@H](C)C(N)=O. The number of primary amides is 1. The lowest BCUT2D eigenvalue weighted by atomic mass is 9.96. The summed E-state index contributed by atoms with van der Waals surface area (Å²) in [5, 5.41) is 3.32. The molecule has 2 amide bonds. The third kappa shape index (κ3) is 4.56. The molecule has 3 N–H and O–H groups in total. The number of aryl methyl sites for hydroxylation is 1. The summed E-state index contributed by atoms with van der Waals surface area (Å²) in [7, 11) is 0. The molecule has 1 heterocycles. The van der Waals surface area contributed by atoms with Gasteiger partial charge in [0.2, 0.25) is 5.91 Å². The highest BCUT2D eigenvalue weighted by Gasteiger charge is 2.24. The van der Waals surface area contributed by atoms with Crippen LogP contribution < -0.4 is 11.1 Å². The van der Waals surface area contributed by atoms with Crippen molar-refractivity contribution in [2.45, 2.75) is 40.7 Å². The summed E-state index contributed by atoms with van der Waals surface area (Å²) in [4.78, 5) is 35.1. The van der Waals surface area contributed by atoms with Crippen molar-refractivity contribution >= 4 is 34.1 Å². The quantitative estimate of drug-likeness (QED) is 0.831. The van der Waals surface area contributed by atoms with Crippen molar-refractivity contribution in [1.29, 1.82) is 0 Å². The van der Waals surface area contributed by atoms with Gasteiger partial charge in [0.25, 0.3) is 5.91 Å². The number of hydrogen-bond acceptors (Lipinski definition) is 5. The molecule has 0 saturated heterocycles. The van der Waals surface area contributed by atoms with E-state index in [0.29, 0.717) is 15.4 Å². The van der Waals surface area contributed by atoms with Crippen LogP contribution in [0.3, 0.4) is 0 Å². The van der Waals surface area contributed by atoms with Crippen molar-refractivity contribution in [3.05, 3.63) is 16.5 Å².